The summed E-state index contributed by atoms with van der Waals surface area (Å²) in [4.78, 5) is 11.6. The minimum absolute atomic E-state index is 0.0517. The molecule has 6 heteroatoms. The number of nitrogens with zero attached hydrogens (tertiary/aromatic N) is 3. The van der Waals surface area contributed by atoms with Crippen molar-refractivity contribution in [2.75, 3.05) is 6.54 Å². The van der Waals surface area contributed by atoms with E-state index in [0.29, 0.717) is 12.5 Å². The number of hydrogen-bond donors (Lipinski definition) is 2. The fourth-order valence-electron chi connectivity index (χ4n) is 1.54. The van der Waals surface area contributed by atoms with Gasteiger partial charge in [0.2, 0.25) is 5.91 Å². The molecule has 1 aromatic heterocycles. The molecule has 1 atom stereocenters. The fourth-order valence-corrected chi connectivity index (χ4v) is 1.54. The lowest BCUT2D eigenvalue weighted by molar-refractivity contribution is -0.122. The average Bonchev–Trinajstić information content (AvgIpc) is 2.75. The Morgan fingerprint density at radius 2 is 2.28 bits per heavy atom. The van der Waals surface area contributed by atoms with Gasteiger partial charge >= 0.3 is 0 Å². The highest BCUT2D eigenvalue weighted by Crippen LogP contribution is 2.11. The van der Waals surface area contributed by atoms with Crippen LogP contribution >= 0.6 is 0 Å². The van der Waals surface area contributed by atoms with Gasteiger partial charge in [-0.05, 0) is 12.3 Å². The van der Waals surface area contributed by atoms with Gasteiger partial charge in [-0.25, -0.2) is 4.68 Å². The molecule has 0 fully saturated rings. The van der Waals surface area contributed by atoms with Crippen LogP contribution in [-0.2, 0) is 11.3 Å². The van der Waals surface area contributed by atoms with Crippen molar-refractivity contribution < 1.29 is 4.79 Å². The molecule has 0 bridgehead atoms. The van der Waals surface area contributed by atoms with Gasteiger partial charge in [0.25, 0.3) is 0 Å². The molecule has 1 unspecified atom stereocenters. The summed E-state index contributed by atoms with van der Waals surface area (Å²) in [5, 5.41) is 10.7. The molecule has 0 aromatic carbocycles. The van der Waals surface area contributed by atoms with Gasteiger partial charge in [0, 0.05) is 6.54 Å². The predicted octanol–water partition coefficient (Wildman–Crippen LogP) is 0.850. The standard InChI is InChI=1S/C12H23N5O/c1-4-5-10(13)11-7-17(16-15-11)8-12(18)14-6-9(2)3/h7,9-10H,4-6,8,13H2,1-3H3,(H,14,18). The van der Waals surface area contributed by atoms with Gasteiger partial charge in [-0.3, -0.25) is 4.79 Å². The summed E-state index contributed by atoms with van der Waals surface area (Å²) in [5.74, 6) is 0.391. The Kier molecular flexibility index (Phi) is 5.77. The summed E-state index contributed by atoms with van der Waals surface area (Å²) in [6.07, 6.45) is 3.62. The normalized spacial score (nSPS) is 12.7. The zero-order valence-corrected chi connectivity index (χ0v) is 11.4. The monoisotopic (exact) mass is 253 g/mol. The average molecular weight is 253 g/mol. The smallest absolute Gasteiger partial charge is 0.241 e. The van der Waals surface area contributed by atoms with Crippen LogP contribution in [0.4, 0.5) is 0 Å². The Morgan fingerprint density at radius 1 is 1.56 bits per heavy atom. The minimum atomic E-state index is -0.0949. The van der Waals surface area contributed by atoms with E-state index in [1.807, 2.05) is 0 Å². The molecule has 0 aliphatic carbocycles. The van der Waals surface area contributed by atoms with E-state index < -0.39 is 0 Å². The molecule has 102 valence electrons. The van der Waals surface area contributed by atoms with Crippen LogP contribution in [0.25, 0.3) is 0 Å². The van der Waals surface area contributed by atoms with Gasteiger partial charge in [0.1, 0.15) is 6.54 Å². The number of rotatable bonds is 7. The van der Waals surface area contributed by atoms with Crippen molar-refractivity contribution in [1.82, 2.24) is 20.3 Å². The van der Waals surface area contributed by atoms with Crippen LogP contribution in [-0.4, -0.2) is 27.4 Å². The van der Waals surface area contributed by atoms with Crippen LogP contribution < -0.4 is 11.1 Å². The van der Waals surface area contributed by atoms with Crippen molar-refractivity contribution in [2.45, 2.75) is 46.2 Å². The maximum Gasteiger partial charge on any atom is 0.241 e. The topological polar surface area (TPSA) is 85.8 Å². The number of nitrogens with one attached hydrogen (secondary N) is 1. The number of amides is 1. The summed E-state index contributed by atoms with van der Waals surface area (Å²) < 4.78 is 1.53. The van der Waals surface area contributed by atoms with Crippen molar-refractivity contribution in [3.8, 4) is 0 Å². The molecular formula is C12H23N5O. The Morgan fingerprint density at radius 3 is 2.89 bits per heavy atom. The lowest BCUT2D eigenvalue weighted by Gasteiger charge is -2.07. The van der Waals surface area contributed by atoms with E-state index in [4.69, 9.17) is 5.73 Å². The molecule has 1 amide bonds. The van der Waals surface area contributed by atoms with Crippen molar-refractivity contribution in [3.05, 3.63) is 11.9 Å². The maximum absolute atomic E-state index is 11.6. The van der Waals surface area contributed by atoms with Gasteiger partial charge in [0.15, 0.2) is 0 Å². The minimum Gasteiger partial charge on any atom is -0.354 e. The lowest BCUT2D eigenvalue weighted by atomic mass is 10.1. The van der Waals surface area contributed by atoms with Crippen LogP contribution in [0, 0.1) is 5.92 Å². The highest BCUT2D eigenvalue weighted by atomic mass is 16.2. The van der Waals surface area contributed by atoms with Gasteiger partial charge < -0.3 is 11.1 Å². The van der Waals surface area contributed by atoms with Crippen molar-refractivity contribution >= 4 is 5.91 Å². The van der Waals surface area contributed by atoms with E-state index in [0.717, 1.165) is 18.5 Å². The third-order valence-electron chi connectivity index (χ3n) is 2.55. The van der Waals surface area contributed by atoms with E-state index in [-0.39, 0.29) is 18.5 Å². The van der Waals surface area contributed by atoms with Gasteiger partial charge in [0.05, 0.1) is 17.9 Å². The molecule has 0 spiro atoms. The molecule has 3 N–H and O–H groups in total. The van der Waals surface area contributed by atoms with Gasteiger partial charge in [-0.1, -0.05) is 32.4 Å². The fraction of sp³-hybridized carbons (Fsp3) is 0.750. The summed E-state index contributed by atoms with van der Waals surface area (Å²) >= 11 is 0. The summed E-state index contributed by atoms with van der Waals surface area (Å²) in [7, 11) is 0. The third-order valence-corrected chi connectivity index (χ3v) is 2.55. The summed E-state index contributed by atoms with van der Waals surface area (Å²) in [6, 6.07) is -0.0949. The molecule has 1 heterocycles. The number of nitrogens with two attached hydrogens (primary N) is 1. The van der Waals surface area contributed by atoms with Gasteiger partial charge in [-0.2, -0.15) is 0 Å². The van der Waals surface area contributed by atoms with Crippen LogP contribution in [0.1, 0.15) is 45.3 Å². The Bertz CT molecular complexity index is 374. The van der Waals surface area contributed by atoms with Crippen molar-refractivity contribution in [2.24, 2.45) is 11.7 Å². The van der Waals surface area contributed by atoms with E-state index in [1.54, 1.807) is 6.20 Å². The zero-order chi connectivity index (χ0) is 13.5. The molecular weight excluding hydrogens is 230 g/mol. The molecule has 1 aromatic rings. The highest BCUT2D eigenvalue weighted by molar-refractivity contribution is 5.75. The van der Waals surface area contributed by atoms with Crippen LogP contribution in [0.3, 0.4) is 0 Å². The molecule has 0 saturated heterocycles. The first kappa shape index (κ1) is 14.6. The summed E-state index contributed by atoms with van der Waals surface area (Å²) in [6.45, 7) is 7.05. The number of aromatic nitrogens is 3. The van der Waals surface area contributed by atoms with E-state index in [9.17, 15) is 4.79 Å². The van der Waals surface area contributed by atoms with Gasteiger partial charge in [-0.15, -0.1) is 5.10 Å². The second kappa shape index (κ2) is 7.10. The van der Waals surface area contributed by atoms with Crippen LogP contribution in [0.5, 0.6) is 0 Å². The number of hydrogen-bond acceptors (Lipinski definition) is 4. The van der Waals surface area contributed by atoms with Crippen LogP contribution in [0.2, 0.25) is 0 Å². The maximum atomic E-state index is 11.6. The molecule has 6 nitrogen and oxygen atoms in total. The first-order valence-electron chi connectivity index (χ1n) is 6.45. The molecule has 1 rings (SSSR count). The third kappa shape index (κ3) is 4.83. The predicted molar refractivity (Wildman–Crippen MR) is 69.7 cm³/mol. The first-order valence-corrected chi connectivity index (χ1v) is 6.45. The quantitative estimate of drug-likeness (QED) is 0.754. The molecule has 0 aliphatic rings. The largest absolute Gasteiger partial charge is 0.354 e. The Hall–Kier alpha value is -1.43. The lowest BCUT2D eigenvalue weighted by Crippen LogP contribution is -2.30. The second-order valence-corrected chi connectivity index (χ2v) is 4.93. The number of carbonyl (C=O) groups excluding carboxylic acids is 1. The molecule has 0 saturated carbocycles. The van der Waals surface area contributed by atoms with E-state index >= 15 is 0 Å². The molecule has 18 heavy (non-hydrogen) atoms. The van der Waals surface area contributed by atoms with Crippen molar-refractivity contribution in [3.63, 3.8) is 0 Å². The second-order valence-electron chi connectivity index (χ2n) is 4.93. The molecule has 0 radical (unpaired) electrons. The zero-order valence-electron chi connectivity index (χ0n) is 11.4. The highest BCUT2D eigenvalue weighted by Gasteiger charge is 2.11. The SMILES string of the molecule is CCCC(N)c1cn(CC(=O)NCC(C)C)nn1. The van der Waals surface area contributed by atoms with Crippen molar-refractivity contribution in [1.29, 1.82) is 0 Å². The number of carbonyl (C=O) groups is 1. The molecule has 0 aliphatic heterocycles. The van der Waals surface area contributed by atoms with E-state index in [2.05, 4.69) is 36.4 Å². The summed E-state index contributed by atoms with van der Waals surface area (Å²) in [5.41, 5.74) is 6.68. The Labute approximate surface area is 108 Å². The van der Waals surface area contributed by atoms with E-state index in [1.165, 1.54) is 4.68 Å². The van der Waals surface area contributed by atoms with Crippen LogP contribution in [0.15, 0.2) is 6.20 Å². The first-order chi connectivity index (χ1) is 8.52. The Balaban J connectivity index is 2.46.